The number of amides is 6. The second-order valence-corrected chi connectivity index (χ2v) is 17.3. The molecular weight excluding hydrogens is 900 g/mol. The lowest BCUT2D eigenvalue weighted by Crippen LogP contribution is -2.52. The first-order valence-electron chi connectivity index (χ1n) is 23.0. The van der Waals surface area contributed by atoms with Crippen LogP contribution in [0.1, 0.15) is 72.9 Å². The van der Waals surface area contributed by atoms with Crippen LogP contribution in [0, 0.1) is 5.92 Å². The summed E-state index contributed by atoms with van der Waals surface area (Å²) in [5.74, 6) is -1.19. The van der Waals surface area contributed by atoms with Gasteiger partial charge in [-0.25, -0.2) is 15.0 Å². The number of rotatable bonds is 17. The number of ether oxygens (including phenoxy) is 1. The predicted molar refractivity (Wildman–Crippen MR) is 248 cm³/mol. The number of carbonyl (C=O) groups excluding carboxylic acids is 6. The van der Waals surface area contributed by atoms with E-state index in [4.69, 9.17) is 5.73 Å². The van der Waals surface area contributed by atoms with Crippen molar-refractivity contribution in [1.82, 2.24) is 40.8 Å². The number of nitrogens with one attached hydrogen (secondary N) is 4. The van der Waals surface area contributed by atoms with E-state index < -0.39 is 24.2 Å². The monoisotopic (exact) mass is 951 g/mol. The maximum Gasteiger partial charge on any atom is 0.573 e. The maximum absolute atomic E-state index is 13.3. The fourth-order valence-corrected chi connectivity index (χ4v) is 8.97. The van der Waals surface area contributed by atoms with E-state index in [0.29, 0.717) is 118 Å². The minimum Gasteiger partial charge on any atom is -0.406 e. The number of alkyl halides is 3. The Bertz CT molecular complexity index is 2740. The average molecular weight is 952 g/mol. The number of aromatic nitrogens is 4. The lowest BCUT2D eigenvalue weighted by molar-refractivity contribution is -0.274. The predicted octanol–water partition coefficient (Wildman–Crippen LogP) is 4.35. The number of hydrogen-bond acceptors (Lipinski definition) is 12. The highest BCUT2D eigenvalue weighted by molar-refractivity contribution is 6.04. The smallest absolute Gasteiger partial charge is 0.406 e. The highest BCUT2D eigenvalue weighted by Crippen LogP contribution is 2.38. The molecule has 1 unspecified atom stereocenters. The molecule has 18 nitrogen and oxygen atoms in total. The lowest BCUT2D eigenvalue weighted by atomic mass is 9.96. The summed E-state index contributed by atoms with van der Waals surface area (Å²) in [7, 11) is 0. The molecule has 3 aliphatic heterocycles. The molecule has 5 aromatic rings. The van der Waals surface area contributed by atoms with E-state index >= 15 is 0 Å². The van der Waals surface area contributed by atoms with Crippen molar-refractivity contribution in [3.8, 4) is 16.9 Å². The summed E-state index contributed by atoms with van der Waals surface area (Å²) < 4.78 is 44.2. The number of carbonyl (C=O) groups is 6. The Hall–Kier alpha value is -7.58. The zero-order chi connectivity index (χ0) is 48.7. The molecule has 3 aromatic heterocycles. The Morgan fingerprint density at radius 1 is 0.884 bits per heavy atom. The van der Waals surface area contributed by atoms with Crippen LogP contribution >= 0.6 is 0 Å². The fraction of sp³-hybridized carbons (Fsp3) is 0.396. The van der Waals surface area contributed by atoms with Crippen molar-refractivity contribution in [3.05, 3.63) is 90.0 Å². The minimum atomic E-state index is -4.83. The fourth-order valence-electron chi connectivity index (χ4n) is 8.97. The first-order chi connectivity index (χ1) is 33.2. The molecule has 2 fully saturated rings. The Morgan fingerprint density at radius 2 is 1.70 bits per heavy atom. The van der Waals surface area contributed by atoms with Gasteiger partial charge < -0.3 is 40.8 Å². The van der Waals surface area contributed by atoms with Crippen molar-refractivity contribution in [1.29, 1.82) is 0 Å². The van der Waals surface area contributed by atoms with Crippen LogP contribution < -0.4 is 41.5 Å². The van der Waals surface area contributed by atoms with Gasteiger partial charge in [0.25, 0.3) is 5.91 Å². The average Bonchev–Trinajstić information content (AvgIpc) is 3.93. The quantitative estimate of drug-likeness (QED) is 0.0647. The molecule has 69 heavy (non-hydrogen) atoms. The zero-order valence-electron chi connectivity index (χ0n) is 37.6. The molecule has 0 bridgehead atoms. The second kappa shape index (κ2) is 21.2. The molecule has 3 aliphatic rings. The lowest BCUT2D eigenvalue weighted by Gasteiger charge is -2.32. The van der Waals surface area contributed by atoms with E-state index in [0.717, 1.165) is 22.4 Å². The van der Waals surface area contributed by atoms with Crippen molar-refractivity contribution < 1.29 is 46.7 Å². The Kier molecular flexibility index (Phi) is 14.7. The number of unbranched alkanes of at least 4 members (excludes halogenated alkanes) is 1. The number of pyridine rings is 1. The second-order valence-electron chi connectivity index (χ2n) is 17.3. The summed E-state index contributed by atoms with van der Waals surface area (Å²) in [6.45, 7) is 3.10. The van der Waals surface area contributed by atoms with Crippen LogP contribution in [0.4, 0.5) is 30.5 Å². The van der Waals surface area contributed by atoms with Gasteiger partial charge in [-0.3, -0.25) is 34.1 Å². The molecule has 0 radical (unpaired) electrons. The van der Waals surface area contributed by atoms with Gasteiger partial charge in [-0.05, 0) is 98.0 Å². The molecule has 2 saturated heterocycles. The molecule has 6 heterocycles. The van der Waals surface area contributed by atoms with Gasteiger partial charge in [0.1, 0.15) is 35.4 Å². The van der Waals surface area contributed by atoms with Crippen LogP contribution in [-0.4, -0.2) is 100 Å². The van der Waals surface area contributed by atoms with Gasteiger partial charge in [-0.1, -0.05) is 18.2 Å². The van der Waals surface area contributed by atoms with Gasteiger partial charge in [0, 0.05) is 81.7 Å². The third-order valence-electron chi connectivity index (χ3n) is 12.5. The highest BCUT2D eigenvalue weighted by atomic mass is 19.4. The summed E-state index contributed by atoms with van der Waals surface area (Å²) in [5.41, 5.74) is 11.1. The summed E-state index contributed by atoms with van der Waals surface area (Å²) in [6.07, 6.45) is 4.37. The van der Waals surface area contributed by atoms with E-state index in [1.807, 2.05) is 29.0 Å². The number of hydrogen-bond donors (Lipinski definition) is 5. The molecule has 8 rings (SSSR count). The van der Waals surface area contributed by atoms with Crippen molar-refractivity contribution in [2.75, 3.05) is 48.3 Å². The Balaban J connectivity index is 0.738. The van der Waals surface area contributed by atoms with Crippen molar-refractivity contribution in [3.63, 3.8) is 0 Å². The normalized spacial score (nSPS) is 16.2. The van der Waals surface area contributed by atoms with Gasteiger partial charge in [0.05, 0.1) is 17.4 Å². The number of halogens is 3. The number of aryl methyl sites for hydroxylation is 1. The number of nitrogens with zero attached hydrogens (tertiary/aromatic N) is 6. The number of imide groups is 1. The Labute approximate surface area is 394 Å². The highest BCUT2D eigenvalue weighted by Gasteiger charge is 2.32. The summed E-state index contributed by atoms with van der Waals surface area (Å²) >= 11 is 0. The van der Waals surface area contributed by atoms with Crippen molar-refractivity contribution >= 4 is 63.8 Å². The molecule has 6 N–H and O–H groups in total. The first kappa shape index (κ1) is 47.9. The van der Waals surface area contributed by atoms with Gasteiger partial charge in [-0.2, -0.15) is 0 Å². The summed E-state index contributed by atoms with van der Waals surface area (Å²) in [4.78, 5) is 91.9. The number of fused-ring (bicyclic) bond motifs is 2. The third-order valence-corrected chi connectivity index (χ3v) is 12.5. The van der Waals surface area contributed by atoms with Crippen LogP contribution in [0.25, 0.3) is 22.2 Å². The number of nitrogens with two attached hydrogens (primary N) is 1. The van der Waals surface area contributed by atoms with Crippen molar-refractivity contribution in [2.24, 2.45) is 5.92 Å². The zero-order valence-corrected chi connectivity index (χ0v) is 37.6. The number of benzene rings is 2. The first-order valence-corrected chi connectivity index (χ1v) is 23.0. The number of piperidine rings is 2. The van der Waals surface area contributed by atoms with Crippen LogP contribution in [0.3, 0.4) is 0 Å². The Morgan fingerprint density at radius 3 is 2.46 bits per heavy atom. The molecule has 21 heteroatoms. The molecule has 0 saturated carbocycles. The summed E-state index contributed by atoms with van der Waals surface area (Å²) in [6, 6.07) is 13.8. The van der Waals surface area contributed by atoms with Gasteiger partial charge >= 0.3 is 6.36 Å². The van der Waals surface area contributed by atoms with E-state index in [-0.39, 0.29) is 54.6 Å². The van der Waals surface area contributed by atoms with Gasteiger partial charge in [0.15, 0.2) is 0 Å². The molecule has 6 amide bonds. The molecule has 0 spiro atoms. The van der Waals surface area contributed by atoms with Crippen molar-refractivity contribution in [2.45, 2.75) is 83.2 Å². The molecule has 0 aliphatic carbocycles. The van der Waals surface area contributed by atoms with Gasteiger partial charge in [0.2, 0.25) is 29.5 Å². The molecule has 2 aromatic carbocycles. The third kappa shape index (κ3) is 11.9. The van der Waals surface area contributed by atoms with Crippen LogP contribution in [0.15, 0.2) is 73.3 Å². The van der Waals surface area contributed by atoms with E-state index in [9.17, 15) is 41.9 Å². The largest absolute Gasteiger partial charge is 0.573 e. The summed E-state index contributed by atoms with van der Waals surface area (Å²) in [5, 5.41) is 11.5. The van der Waals surface area contributed by atoms with E-state index in [1.165, 1.54) is 30.7 Å². The molecule has 1 atom stereocenters. The van der Waals surface area contributed by atoms with E-state index in [1.54, 1.807) is 23.1 Å². The maximum atomic E-state index is 13.3. The molecule has 362 valence electrons. The van der Waals surface area contributed by atoms with Crippen LogP contribution in [-0.2, 0) is 43.4 Å². The standard InChI is InChI=1S/C48H52F3N11O7/c49-48(50,51)69-34-6-3-5-29(23-34)24-41(65)62-22-16-32-25-31(8-11-37(32)62)35-27-61(44-42(35)43(52)56-28-57-44)19-4-18-53-39(63)7-1-2-17-54-45(66)30-14-20-60(21-15-30)38-12-9-33(26-55-38)46(67)58-36-10-13-40(64)59-47(36)68/h3,5-6,8-9,11-12,23,25-28,30,36H,1-2,4,7,10,13-22,24H2,(H,53,63)(H,54,66)(H,58,67)(H2,52,56,57)(H,59,64,68). The number of anilines is 3. The van der Waals surface area contributed by atoms with Gasteiger partial charge in [-0.15, -0.1) is 13.2 Å². The topological polar surface area (TPSA) is 236 Å². The van der Waals surface area contributed by atoms with Crippen LogP contribution in [0.5, 0.6) is 5.75 Å². The SMILES string of the molecule is Nc1ncnc2c1c(-c1ccc3c(c1)CCN3C(=O)Cc1cccc(OC(F)(F)F)c1)cn2CCCNC(=O)CCCCNC(=O)C1CCN(c2ccc(C(=O)NC3CCC(=O)NC3=O)cn2)CC1. The van der Waals surface area contributed by atoms with Crippen LogP contribution in [0.2, 0.25) is 0 Å². The molecular formula is C48H52F3N11O7. The number of nitrogen functional groups attached to an aromatic ring is 1. The minimum absolute atomic E-state index is 0.0148. The van der Waals surface area contributed by atoms with E-state index in [2.05, 4.69) is 45.9 Å².